The van der Waals surface area contributed by atoms with Crippen LogP contribution in [0.5, 0.6) is 0 Å². The molecule has 0 aliphatic carbocycles. The van der Waals surface area contributed by atoms with Gasteiger partial charge in [0.1, 0.15) is 0 Å². The first-order valence-electron chi connectivity index (χ1n) is 4.22. The summed E-state index contributed by atoms with van der Waals surface area (Å²) in [5.74, 6) is -0.401. The number of benzene rings is 1. The number of hydrogen-bond acceptors (Lipinski definition) is 3. The van der Waals surface area contributed by atoms with Crippen molar-refractivity contribution in [2.75, 3.05) is 5.75 Å². The average molecular weight is 275 g/mol. The molecule has 0 aliphatic rings. The van der Waals surface area contributed by atoms with E-state index in [-0.39, 0.29) is 42.0 Å². The van der Waals surface area contributed by atoms with E-state index < -0.39 is 21.9 Å². The van der Waals surface area contributed by atoms with Crippen molar-refractivity contribution in [1.82, 2.24) is 0 Å². The quantitative estimate of drug-likeness (QED) is 0.486. The van der Waals surface area contributed by atoms with E-state index in [1.807, 2.05) is 30.3 Å². The molecule has 0 saturated carbocycles. The van der Waals surface area contributed by atoms with Gasteiger partial charge < -0.3 is 5.73 Å². The van der Waals surface area contributed by atoms with Crippen LogP contribution in [0.15, 0.2) is 30.3 Å². The third-order valence-corrected chi connectivity index (χ3v) is 2.61. The molecular formula is C9H14ClNNaO3S+. The van der Waals surface area contributed by atoms with Gasteiger partial charge in [-0.05, 0) is 12.0 Å². The van der Waals surface area contributed by atoms with Crippen LogP contribution in [-0.4, -0.2) is 24.8 Å². The van der Waals surface area contributed by atoms with Crippen molar-refractivity contribution in [3.05, 3.63) is 35.9 Å². The molecule has 0 unspecified atom stereocenters. The summed E-state index contributed by atoms with van der Waals surface area (Å²) in [7, 11) is -3.97. The van der Waals surface area contributed by atoms with Crippen LogP contribution >= 0.6 is 12.4 Å². The molecule has 1 rings (SSSR count). The Morgan fingerprint density at radius 3 is 2.19 bits per heavy atom. The Morgan fingerprint density at radius 2 is 1.75 bits per heavy atom. The molecule has 0 amide bonds. The Hall–Kier alpha value is 0.380. The Bertz CT molecular complexity index is 385. The van der Waals surface area contributed by atoms with E-state index in [0.29, 0.717) is 6.42 Å². The molecule has 1 aromatic carbocycles. The Kier molecular flexibility index (Phi) is 9.92. The molecule has 0 saturated heterocycles. The van der Waals surface area contributed by atoms with Crippen molar-refractivity contribution in [3.63, 3.8) is 0 Å². The van der Waals surface area contributed by atoms with Crippen molar-refractivity contribution < 1.29 is 42.5 Å². The predicted octanol–water partition coefficient (Wildman–Crippen LogP) is -2.13. The van der Waals surface area contributed by atoms with E-state index in [1.54, 1.807) is 0 Å². The van der Waals surface area contributed by atoms with Crippen molar-refractivity contribution in [3.8, 4) is 0 Å². The standard InChI is InChI=1S/C9H13NO3S.ClH.Na/c10-9(7-14(11,12)13)6-8-4-2-1-3-5-8;;/h1-5,9H,6-7,10H2,(H,11,12,13);1H;/q;;+1/t9-;;/m0../s1. The Balaban J connectivity index is 0. The predicted molar refractivity (Wildman–Crippen MR) is 61.8 cm³/mol. The number of rotatable bonds is 4. The molecule has 86 valence electrons. The van der Waals surface area contributed by atoms with Crippen LogP contribution in [0.2, 0.25) is 0 Å². The van der Waals surface area contributed by atoms with Crippen LogP contribution in [-0.2, 0) is 16.5 Å². The van der Waals surface area contributed by atoms with Gasteiger partial charge in [-0.3, -0.25) is 4.55 Å². The van der Waals surface area contributed by atoms with Gasteiger partial charge in [-0.25, -0.2) is 0 Å². The monoisotopic (exact) mass is 274 g/mol. The molecule has 7 heteroatoms. The van der Waals surface area contributed by atoms with Gasteiger partial charge in [-0.2, -0.15) is 8.42 Å². The van der Waals surface area contributed by atoms with E-state index >= 15 is 0 Å². The third kappa shape index (κ3) is 8.52. The Labute approximate surface area is 124 Å². The summed E-state index contributed by atoms with van der Waals surface area (Å²) in [6.45, 7) is 0. The fraction of sp³-hybridized carbons (Fsp3) is 0.333. The van der Waals surface area contributed by atoms with Crippen LogP contribution in [0.4, 0.5) is 0 Å². The molecule has 0 radical (unpaired) electrons. The van der Waals surface area contributed by atoms with Crippen LogP contribution in [0, 0.1) is 0 Å². The maximum Gasteiger partial charge on any atom is 1.00 e. The van der Waals surface area contributed by atoms with Gasteiger partial charge >= 0.3 is 29.6 Å². The van der Waals surface area contributed by atoms with Crippen molar-refractivity contribution in [2.45, 2.75) is 12.5 Å². The summed E-state index contributed by atoms with van der Waals surface area (Å²) in [5, 5.41) is 0. The topological polar surface area (TPSA) is 80.4 Å². The average Bonchev–Trinajstić information content (AvgIpc) is 2.02. The fourth-order valence-electron chi connectivity index (χ4n) is 1.25. The third-order valence-electron chi connectivity index (χ3n) is 1.77. The molecule has 0 fully saturated rings. The largest absolute Gasteiger partial charge is 1.00 e. The molecule has 3 N–H and O–H groups in total. The van der Waals surface area contributed by atoms with E-state index in [9.17, 15) is 8.42 Å². The number of halogens is 1. The van der Waals surface area contributed by atoms with Gasteiger partial charge in [0.2, 0.25) is 0 Å². The summed E-state index contributed by atoms with van der Waals surface area (Å²) in [6.07, 6.45) is 0.445. The SMILES string of the molecule is Cl.N[C@@H](Cc1ccccc1)CS(=O)(=O)O.[Na+]. The minimum Gasteiger partial charge on any atom is -0.326 e. The summed E-state index contributed by atoms with van der Waals surface area (Å²) in [6, 6.07) is 8.75. The molecule has 4 nitrogen and oxygen atoms in total. The van der Waals surface area contributed by atoms with Crippen LogP contribution < -0.4 is 35.3 Å². The normalized spacial score (nSPS) is 12.1. The minimum absolute atomic E-state index is 0. The molecule has 1 aromatic rings. The zero-order valence-corrected chi connectivity index (χ0v) is 12.7. The van der Waals surface area contributed by atoms with Gasteiger partial charge in [0, 0.05) is 6.04 Å². The molecule has 1 atom stereocenters. The summed E-state index contributed by atoms with van der Waals surface area (Å²) in [4.78, 5) is 0. The van der Waals surface area contributed by atoms with Crippen molar-refractivity contribution in [1.29, 1.82) is 0 Å². The summed E-state index contributed by atoms with van der Waals surface area (Å²) in [5.41, 5.74) is 6.51. The molecular weight excluding hydrogens is 261 g/mol. The van der Waals surface area contributed by atoms with E-state index in [4.69, 9.17) is 10.3 Å². The second-order valence-electron chi connectivity index (χ2n) is 3.20. The maximum atomic E-state index is 10.5. The summed E-state index contributed by atoms with van der Waals surface area (Å²) >= 11 is 0. The minimum atomic E-state index is -3.97. The molecule has 0 aliphatic heterocycles. The van der Waals surface area contributed by atoms with Gasteiger partial charge in [0.05, 0.1) is 5.75 Å². The van der Waals surface area contributed by atoms with E-state index in [1.165, 1.54) is 0 Å². The zero-order valence-electron chi connectivity index (χ0n) is 9.04. The Morgan fingerprint density at radius 1 is 1.25 bits per heavy atom. The van der Waals surface area contributed by atoms with Crippen molar-refractivity contribution in [2.24, 2.45) is 5.73 Å². The first-order valence-corrected chi connectivity index (χ1v) is 5.83. The van der Waals surface area contributed by atoms with E-state index in [2.05, 4.69) is 0 Å². The first kappa shape index (κ1) is 18.7. The zero-order chi connectivity index (χ0) is 10.6. The number of hydrogen-bond donors (Lipinski definition) is 2. The van der Waals surface area contributed by atoms with E-state index in [0.717, 1.165) is 5.56 Å². The van der Waals surface area contributed by atoms with Gasteiger partial charge in [0.15, 0.2) is 0 Å². The molecule has 0 aromatic heterocycles. The van der Waals surface area contributed by atoms with Crippen LogP contribution in [0.1, 0.15) is 5.56 Å². The van der Waals surface area contributed by atoms with Crippen LogP contribution in [0.3, 0.4) is 0 Å². The fourth-order valence-corrected chi connectivity index (χ4v) is 1.91. The summed E-state index contributed by atoms with van der Waals surface area (Å²) < 4.78 is 29.6. The molecule has 0 bridgehead atoms. The second-order valence-corrected chi connectivity index (χ2v) is 4.70. The smallest absolute Gasteiger partial charge is 0.326 e. The number of nitrogens with two attached hydrogens (primary N) is 1. The van der Waals surface area contributed by atoms with Gasteiger partial charge in [-0.15, -0.1) is 12.4 Å². The second kappa shape index (κ2) is 8.47. The van der Waals surface area contributed by atoms with Crippen LogP contribution in [0.25, 0.3) is 0 Å². The first-order chi connectivity index (χ1) is 6.47. The van der Waals surface area contributed by atoms with Gasteiger partial charge in [0.25, 0.3) is 10.1 Å². The molecule has 16 heavy (non-hydrogen) atoms. The van der Waals surface area contributed by atoms with Crippen molar-refractivity contribution >= 4 is 22.5 Å². The maximum absolute atomic E-state index is 10.5. The van der Waals surface area contributed by atoms with Gasteiger partial charge in [-0.1, -0.05) is 30.3 Å². The molecule has 0 heterocycles. The molecule has 0 spiro atoms.